The van der Waals surface area contributed by atoms with Gasteiger partial charge >= 0.3 is 6.09 Å². The van der Waals surface area contributed by atoms with Crippen LogP contribution in [0.15, 0.2) is 18.3 Å². The van der Waals surface area contributed by atoms with Crippen molar-refractivity contribution < 1.29 is 9.53 Å². The second kappa shape index (κ2) is 5.36. The molecule has 0 aliphatic carbocycles. The molecule has 6 heteroatoms. The first-order chi connectivity index (χ1) is 8.74. The van der Waals surface area contributed by atoms with Crippen molar-refractivity contribution in [2.45, 2.75) is 12.5 Å². The summed E-state index contributed by atoms with van der Waals surface area (Å²) in [7, 11) is 1.37. The van der Waals surface area contributed by atoms with E-state index < -0.39 is 0 Å². The average Bonchev–Trinajstić information content (AvgIpc) is 2.87. The fourth-order valence-corrected chi connectivity index (χ4v) is 1.98. The normalized spacial score (nSPS) is 18.2. The molecule has 2 rings (SSSR count). The van der Waals surface area contributed by atoms with Gasteiger partial charge in [-0.3, -0.25) is 0 Å². The van der Waals surface area contributed by atoms with Crippen LogP contribution in [0.5, 0.6) is 0 Å². The molecule has 1 N–H and O–H groups in total. The Bertz CT molecular complexity index is 483. The molecule has 0 unspecified atom stereocenters. The van der Waals surface area contributed by atoms with Gasteiger partial charge in [-0.05, 0) is 18.6 Å². The molecule has 1 aliphatic heterocycles. The number of anilines is 1. The monoisotopic (exact) mass is 246 g/mol. The number of amides is 1. The summed E-state index contributed by atoms with van der Waals surface area (Å²) in [5.41, 5.74) is 0.508. The Hall–Kier alpha value is -2.29. The lowest BCUT2D eigenvalue weighted by Crippen LogP contribution is -2.31. The van der Waals surface area contributed by atoms with Gasteiger partial charge in [-0.15, -0.1) is 0 Å². The van der Waals surface area contributed by atoms with Crippen LogP contribution in [0.2, 0.25) is 0 Å². The average molecular weight is 246 g/mol. The van der Waals surface area contributed by atoms with Crippen LogP contribution < -0.4 is 5.32 Å². The van der Waals surface area contributed by atoms with Gasteiger partial charge in [0.15, 0.2) is 0 Å². The largest absolute Gasteiger partial charge is 0.453 e. The van der Waals surface area contributed by atoms with Crippen LogP contribution in [0.3, 0.4) is 0 Å². The zero-order valence-electron chi connectivity index (χ0n) is 10.1. The summed E-state index contributed by atoms with van der Waals surface area (Å²) in [4.78, 5) is 17.1. The van der Waals surface area contributed by atoms with E-state index in [1.54, 1.807) is 23.2 Å². The number of nitrogens with one attached hydrogen (secondary N) is 1. The number of ether oxygens (including phenoxy) is 1. The van der Waals surface area contributed by atoms with Gasteiger partial charge in [-0.1, -0.05) is 0 Å². The molecular formula is C12H14N4O2. The molecule has 1 fully saturated rings. The Kier molecular flexibility index (Phi) is 3.63. The molecular weight excluding hydrogens is 232 g/mol. The van der Waals surface area contributed by atoms with E-state index in [2.05, 4.69) is 21.1 Å². The molecule has 1 aromatic rings. The van der Waals surface area contributed by atoms with E-state index in [0.29, 0.717) is 24.5 Å². The molecule has 0 saturated carbocycles. The van der Waals surface area contributed by atoms with Crippen LogP contribution in [0, 0.1) is 11.3 Å². The third-order valence-electron chi connectivity index (χ3n) is 2.89. The summed E-state index contributed by atoms with van der Waals surface area (Å²) in [6.45, 7) is 1.22. The number of pyridine rings is 1. The highest BCUT2D eigenvalue weighted by Crippen LogP contribution is 2.17. The minimum Gasteiger partial charge on any atom is -0.453 e. The number of aromatic nitrogens is 1. The van der Waals surface area contributed by atoms with E-state index in [9.17, 15) is 4.79 Å². The van der Waals surface area contributed by atoms with Gasteiger partial charge in [0.1, 0.15) is 11.9 Å². The predicted molar refractivity (Wildman–Crippen MR) is 65.0 cm³/mol. The number of carbonyl (C=O) groups is 1. The van der Waals surface area contributed by atoms with E-state index >= 15 is 0 Å². The summed E-state index contributed by atoms with van der Waals surface area (Å²) in [6, 6.07) is 5.62. The van der Waals surface area contributed by atoms with Gasteiger partial charge in [0, 0.05) is 25.3 Å². The topological polar surface area (TPSA) is 78.2 Å². The molecule has 0 radical (unpaired) electrons. The Morgan fingerprint density at radius 1 is 1.72 bits per heavy atom. The van der Waals surface area contributed by atoms with Crippen LogP contribution in [-0.2, 0) is 4.74 Å². The smallest absolute Gasteiger partial charge is 0.409 e. The summed E-state index contributed by atoms with van der Waals surface area (Å²) in [5, 5.41) is 12.1. The minimum absolute atomic E-state index is 0.103. The summed E-state index contributed by atoms with van der Waals surface area (Å²) in [5.74, 6) is 0.566. The third-order valence-corrected chi connectivity index (χ3v) is 2.89. The molecule has 1 amide bonds. The van der Waals surface area contributed by atoms with Crippen LogP contribution in [0.4, 0.5) is 10.6 Å². The van der Waals surface area contributed by atoms with Crippen molar-refractivity contribution in [3.05, 3.63) is 23.9 Å². The highest BCUT2D eigenvalue weighted by Gasteiger charge is 2.27. The van der Waals surface area contributed by atoms with E-state index in [4.69, 9.17) is 5.26 Å². The first kappa shape index (κ1) is 12.2. The number of hydrogen-bond donors (Lipinski definition) is 1. The lowest BCUT2D eigenvalue weighted by Gasteiger charge is -2.16. The number of likely N-dealkylation sites (tertiary alicyclic amines) is 1. The van der Waals surface area contributed by atoms with Gasteiger partial charge in [0.2, 0.25) is 0 Å². The number of hydrogen-bond acceptors (Lipinski definition) is 5. The fourth-order valence-electron chi connectivity index (χ4n) is 1.98. The fraction of sp³-hybridized carbons (Fsp3) is 0.417. The molecule has 94 valence electrons. The standard InChI is InChI=1S/C12H14N4O2/c1-18-12(17)16-6-4-10(8-16)15-11-9(7-13)3-2-5-14-11/h2-3,5,10H,4,6,8H2,1H3,(H,14,15)/t10-/m1/s1. The van der Waals surface area contributed by atoms with E-state index in [-0.39, 0.29) is 12.1 Å². The highest BCUT2D eigenvalue weighted by atomic mass is 16.5. The maximum absolute atomic E-state index is 11.3. The summed E-state index contributed by atoms with van der Waals surface area (Å²) in [6.07, 6.45) is 2.13. The molecule has 1 aromatic heterocycles. The molecule has 1 saturated heterocycles. The molecule has 1 atom stereocenters. The molecule has 6 nitrogen and oxygen atoms in total. The van der Waals surface area contributed by atoms with Crippen molar-refractivity contribution in [2.24, 2.45) is 0 Å². The van der Waals surface area contributed by atoms with E-state index in [0.717, 1.165) is 6.42 Å². The van der Waals surface area contributed by atoms with Gasteiger partial charge in [-0.2, -0.15) is 5.26 Å². The molecule has 18 heavy (non-hydrogen) atoms. The highest BCUT2D eigenvalue weighted by molar-refractivity contribution is 5.68. The maximum atomic E-state index is 11.3. The number of nitriles is 1. The Labute approximate surface area is 105 Å². The number of methoxy groups -OCH3 is 1. The van der Waals surface area contributed by atoms with Crippen molar-refractivity contribution >= 4 is 11.9 Å². The zero-order chi connectivity index (χ0) is 13.0. The van der Waals surface area contributed by atoms with E-state index in [1.165, 1.54) is 7.11 Å². The lowest BCUT2D eigenvalue weighted by atomic mass is 10.2. The van der Waals surface area contributed by atoms with Gasteiger partial charge < -0.3 is 15.0 Å². The first-order valence-corrected chi connectivity index (χ1v) is 5.69. The third kappa shape index (κ3) is 2.51. The lowest BCUT2D eigenvalue weighted by molar-refractivity contribution is 0.133. The van der Waals surface area contributed by atoms with Gasteiger partial charge in [0.05, 0.1) is 12.7 Å². The molecule has 2 heterocycles. The van der Waals surface area contributed by atoms with Crippen LogP contribution in [0.25, 0.3) is 0 Å². The van der Waals surface area contributed by atoms with Crippen molar-refractivity contribution in [3.63, 3.8) is 0 Å². The van der Waals surface area contributed by atoms with Crippen LogP contribution in [0.1, 0.15) is 12.0 Å². The quantitative estimate of drug-likeness (QED) is 0.848. The van der Waals surface area contributed by atoms with Crippen LogP contribution in [-0.4, -0.2) is 42.2 Å². The minimum atomic E-state index is -0.319. The molecule has 0 spiro atoms. The second-order valence-electron chi connectivity index (χ2n) is 4.06. The van der Waals surface area contributed by atoms with Crippen molar-refractivity contribution in [1.82, 2.24) is 9.88 Å². The first-order valence-electron chi connectivity index (χ1n) is 5.69. The number of rotatable bonds is 2. The Morgan fingerprint density at radius 3 is 3.28 bits per heavy atom. The zero-order valence-corrected chi connectivity index (χ0v) is 10.1. The summed E-state index contributed by atoms with van der Waals surface area (Å²) >= 11 is 0. The predicted octanol–water partition coefficient (Wildman–Crippen LogP) is 1.21. The van der Waals surface area contributed by atoms with Gasteiger partial charge in [-0.25, -0.2) is 9.78 Å². The van der Waals surface area contributed by atoms with Crippen molar-refractivity contribution in [3.8, 4) is 6.07 Å². The maximum Gasteiger partial charge on any atom is 0.409 e. The van der Waals surface area contributed by atoms with Crippen molar-refractivity contribution in [1.29, 1.82) is 5.26 Å². The molecule has 0 aromatic carbocycles. The van der Waals surface area contributed by atoms with Gasteiger partial charge in [0.25, 0.3) is 0 Å². The number of nitrogens with zero attached hydrogens (tertiary/aromatic N) is 3. The summed E-state index contributed by atoms with van der Waals surface area (Å²) < 4.78 is 4.67. The molecule has 1 aliphatic rings. The number of carbonyl (C=O) groups excluding carboxylic acids is 1. The van der Waals surface area contributed by atoms with Crippen LogP contribution >= 0.6 is 0 Å². The molecule has 0 bridgehead atoms. The van der Waals surface area contributed by atoms with E-state index in [1.807, 2.05) is 0 Å². The Balaban J connectivity index is 2.00. The Morgan fingerprint density at radius 2 is 2.56 bits per heavy atom. The SMILES string of the molecule is COC(=O)N1CC[C@@H](Nc2ncccc2C#N)C1. The second-order valence-corrected chi connectivity index (χ2v) is 4.06. The van der Waals surface area contributed by atoms with Crippen molar-refractivity contribution in [2.75, 3.05) is 25.5 Å².